The number of nitrogens with zero attached hydrogens (tertiary/aromatic N) is 1. The molecular weight excluding hydrogens is 380 g/mol. The number of benzene rings is 2. The molecule has 3 rings (SSSR count). The van der Waals surface area contributed by atoms with Crippen molar-refractivity contribution in [2.24, 2.45) is 0 Å². The molecule has 2 aromatic carbocycles. The summed E-state index contributed by atoms with van der Waals surface area (Å²) in [5.74, 6) is 0. The number of aromatic nitrogens is 1. The van der Waals surface area contributed by atoms with E-state index in [1.54, 1.807) is 0 Å². The maximum Gasteiger partial charge on any atom is 0.0926 e. The average Bonchev–Trinajstić information content (AvgIpc) is 2.47. The molecule has 0 radical (unpaired) electrons. The van der Waals surface area contributed by atoms with Crippen molar-refractivity contribution >= 4 is 61.6 Å². The lowest BCUT2D eigenvalue weighted by atomic mass is 10.1. The van der Waals surface area contributed by atoms with E-state index in [2.05, 4.69) is 20.9 Å². The van der Waals surface area contributed by atoms with E-state index in [0.29, 0.717) is 25.1 Å². The number of fused-ring (bicyclic) bond motifs is 1. The van der Waals surface area contributed by atoms with Crippen LogP contribution < -0.4 is 0 Å². The lowest BCUT2D eigenvalue weighted by molar-refractivity contribution is 1.40. The Kier molecular flexibility index (Phi) is 3.91. The van der Waals surface area contributed by atoms with E-state index in [1.165, 1.54) is 0 Å². The third-order valence-corrected chi connectivity index (χ3v) is 4.98. The Morgan fingerprint density at radius 3 is 2.30 bits per heavy atom. The molecule has 0 atom stereocenters. The second kappa shape index (κ2) is 5.53. The summed E-state index contributed by atoms with van der Waals surface area (Å²) in [7, 11) is 0. The van der Waals surface area contributed by atoms with Crippen LogP contribution in [0.15, 0.2) is 46.9 Å². The third kappa shape index (κ3) is 2.42. The largest absolute Gasteiger partial charge is 0.246 e. The quantitative estimate of drug-likeness (QED) is 0.427. The fraction of sp³-hybridized carbons (Fsp3) is 0. The second-order valence-corrected chi connectivity index (χ2v) is 6.26. The highest BCUT2D eigenvalue weighted by atomic mass is 79.9. The maximum absolute atomic E-state index is 6.35. The molecule has 1 nitrogen and oxygen atoms in total. The van der Waals surface area contributed by atoms with Gasteiger partial charge in [0.2, 0.25) is 0 Å². The summed E-state index contributed by atoms with van der Waals surface area (Å²) in [6, 6.07) is 13.4. The lowest BCUT2D eigenvalue weighted by Crippen LogP contribution is -1.89. The van der Waals surface area contributed by atoms with E-state index in [4.69, 9.17) is 34.8 Å². The molecule has 1 heterocycles. The summed E-state index contributed by atoms with van der Waals surface area (Å²) in [5.41, 5.74) is 2.35. The summed E-state index contributed by atoms with van der Waals surface area (Å²) in [4.78, 5) is 4.59. The summed E-state index contributed by atoms with van der Waals surface area (Å²) >= 11 is 22.1. The molecule has 0 aliphatic heterocycles. The first-order valence-corrected chi connectivity index (χ1v) is 7.70. The van der Waals surface area contributed by atoms with Crippen molar-refractivity contribution in [1.29, 1.82) is 0 Å². The molecule has 0 amide bonds. The van der Waals surface area contributed by atoms with Crippen LogP contribution >= 0.6 is 50.7 Å². The van der Waals surface area contributed by atoms with Gasteiger partial charge in [-0.2, -0.15) is 0 Å². The minimum Gasteiger partial charge on any atom is -0.246 e. The smallest absolute Gasteiger partial charge is 0.0926 e. The van der Waals surface area contributed by atoms with Gasteiger partial charge < -0.3 is 0 Å². The molecule has 0 N–H and O–H groups in total. The highest BCUT2D eigenvalue weighted by molar-refractivity contribution is 9.10. The average molecular weight is 387 g/mol. The third-order valence-electron chi connectivity index (χ3n) is 2.96. The Morgan fingerprint density at radius 2 is 1.60 bits per heavy atom. The van der Waals surface area contributed by atoms with Crippen LogP contribution in [0.4, 0.5) is 0 Å². The first-order chi connectivity index (χ1) is 9.58. The molecule has 0 saturated carbocycles. The summed E-state index contributed by atoms with van der Waals surface area (Å²) in [6.07, 6.45) is 0. The van der Waals surface area contributed by atoms with Crippen molar-refractivity contribution in [2.75, 3.05) is 0 Å². The molecule has 0 bridgehead atoms. The standard InChI is InChI=1S/C15H7BrCl3N/c16-10-6-9-11(17)7-12(8-4-2-1-3-5-8)20-15(9)14(19)13(10)18/h1-7H. The molecule has 0 aliphatic rings. The zero-order valence-electron chi connectivity index (χ0n) is 10.0. The minimum atomic E-state index is 0.399. The van der Waals surface area contributed by atoms with Gasteiger partial charge in [0.1, 0.15) is 0 Å². The summed E-state index contributed by atoms with van der Waals surface area (Å²) in [5, 5.41) is 2.20. The number of hydrogen-bond acceptors (Lipinski definition) is 1. The van der Waals surface area contributed by atoms with Gasteiger partial charge in [-0.25, -0.2) is 4.98 Å². The number of rotatable bonds is 1. The van der Waals surface area contributed by atoms with Crippen molar-refractivity contribution in [1.82, 2.24) is 4.98 Å². The molecule has 100 valence electrons. The molecule has 0 spiro atoms. The monoisotopic (exact) mass is 385 g/mol. The molecule has 0 aliphatic carbocycles. The van der Waals surface area contributed by atoms with Gasteiger partial charge in [-0.05, 0) is 28.1 Å². The van der Waals surface area contributed by atoms with Gasteiger partial charge in [0.15, 0.2) is 0 Å². The van der Waals surface area contributed by atoms with E-state index in [-0.39, 0.29) is 0 Å². The SMILES string of the molecule is Clc1c(Br)cc2c(Cl)cc(-c3ccccc3)nc2c1Cl. The topological polar surface area (TPSA) is 12.9 Å². The first-order valence-electron chi connectivity index (χ1n) is 5.77. The zero-order valence-corrected chi connectivity index (χ0v) is 13.9. The van der Waals surface area contributed by atoms with Crippen molar-refractivity contribution in [3.8, 4) is 11.3 Å². The van der Waals surface area contributed by atoms with Crippen LogP contribution in [-0.4, -0.2) is 4.98 Å². The fourth-order valence-electron chi connectivity index (χ4n) is 1.98. The normalized spacial score (nSPS) is 11.0. The van der Waals surface area contributed by atoms with Crippen molar-refractivity contribution in [2.45, 2.75) is 0 Å². The van der Waals surface area contributed by atoms with E-state index < -0.39 is 0 Å². The fourth-order valence-corrected chi connectivity index (χ4v) is 3.16. The van der Waals surface area contributed by atoms with Gasteiger partial charge in [-0.1, -0.05) is 65.1 Å². The van der Waals surface area contributed by atoms with E-state index >= 15 is 0 Å². The van der Waals surface area contributed by atoms with Crippen LogP contribution in [0.2, 0.25) is 15.1 Å². The number of hydrogen-bond donors (Lipinski definition) is 0. The van der Waals surface area contributed by atoms with Gasteiger partial charge in [0.25, 0.3) is 0 Å². The Balaban J connectivity index is 2.34. The first kappa shape index (κ1) is 14.2. The predicted molar refractivity (Wildman–Crippen MR) is 89.9 cm³/mol. The van der Waals surface area contributed by atoms with E-state index in [9.17, 15) is 0 Å². The highest BCUT2D eigenvalue weighted by Crippen LogP contribution is 2.39. The van der Waals surface area contributed by atoms with Crippen molar-refractivity contribution < 1.29 is 0 Å². The Hall–Kier alpha value is -0.800. The molecular formula is C15H7BrCl3N. The Morgan fingerprint density at radius 1 is 0.900 bits per heavy atom. The zero-order chi connectivity index (χ0) is 14.3. The molecule has 0 unspecified atom stereocenters. The molecule has 0 fully saturated rings. The number of pyridine rings is 1. The summed E-state index contributed by atoms with van der Waals surface area (Å²) < 4.78 is 0.702. The van der Waals surface area contributed by atoms with Crippen LogP contribution in [0.25, 0.3) is 22.2 Å². The van der Waals surface area contributed by atoms with Gasteiger partial charge >= 0.3 is 0 Å². The molecule has 3 aromatic rings. The van der Waals surface area contributed by atoms with Crippen LogP contribution in [-0.2, 0) is 0 Å². The Bertz CT molecular complexity index is 803. The van der Waals surface area contributed by atoms with Crippen LogP contribution in [0.5, 0.6) is 0 Å². The predicted octanol–water partition coefficient (Wildman–Crippen LogP) is 6.62. The lowest BCUT2D eigenvalue weighted by Gasteiger charge is -2.09. The summed E-state index contributed by atoms with van der Waals surface area (Å²) in [6.45, 7) is 0. The maximum atomic E-state index is 6.35. The van der Waals surface area contributed by atoms with Crippen molar-refractivity contribution in [3.63, 3.8) is 0 Å². The minimum absolute atomic E-state index is 0.399. The highest BCUT2D eigenvalue weighted by Gasteiger charge is 2.14. The van der Waals surface area contributed by atoms with Gasteiger partial charge in [0, 0.05) is 15.4 Å². The molecule has 1 aromatic heterocycles. The molecule has 0 saturated heterocycles. The molecule has 20 heavy (non-hydrogen) atoms. The van der Waals surface area contributed by atoms with Gasteiger partial charge in [0.05, 0.1) is 26.3 Å². The van der Waals surface area contributed by atoms with Gasteiger partial charge in [-0.3, -0.25) is 0 Å². The van der Waals surface area contributed by atoms with Crippen LogP contribution in [0, 0.1) is 0 Å². The van der Waals surface area contributed by atoms with E-state index in [0.717, 1.165) is 16.6 Å². The Labute approximate surface area is 139 Å². The van der Waals surface area contributed by atoms with Crippen LogP contribution in [0.1, 0.15) is 0 Å². The second-order valence-electron chi connectivity index (χ2n) is 4.24. The van der Waals surface area contributed by atoms with E-state index in [1.807, 2.05) is 42.5 Å². The molecule has 5 heteroatoms. The van der Waals surface area contributed by atoms with Crippen molar-refractivity contribution in [3.05, 3.63) is 62.0 Å². The van der Waals surface area contributed by atoms with Gasteiger partial charge in [-0.15, -0.1) is 0 Å². The van der Waals surface area contributed by atoms with Crippen LogP contribution in [0.3, 0.4) is 0 Å². The number of halogens is 4.